The van der Waals surface area contributed by atoms with E-state index in [-0.39, 0.29) is 18.0 Å². The van der Waals surface area contributed by atoms with Gasteiger partial charge in [-0.3, -0.25) is 4.79 Å². The molecule has 1 aromatic heterocycles. The van der Waals surface area contributed by atoms with E-state index in [1.54, 1.807) is 0 Å². The van der Waals surface area contributed by atoms with E-state index in [9.17, 15) is 19.5 Å². The first-order valence-corrected chi connectivity index (χ1v) is 13.4. The van der Waals surface area contributed by atoms with Gasteiger partial charge in [-0.15, -0.1) is 0 Å². The molecule has 1 saturated carbocycles. The molecule has 3 N–H and O–H groups in total. The van der Waals surface area contributed by atoms with Crippen LogP contribution in [-0.2, 0) is 25.5 Å². The lowest BCUT2D eigenvalue weighted by Crippen LogP contribution is -2.50. The number of likely N-dealkylation sites (tertiary alicyclic amines) is 1. The summed E-state index contributed by atoms with van der Waals surface area (Å²) in [6, 6.07) is 7.52. The van der Waals surface area contributed by atoms with Crippen LogP contribution in [0.3, 0.4) is 0 Å². The largest absolute Gasteiger partial charge is 0.478 e. The van der Waals surface area contributed by atoms with E-state index in [1.165, 1.54) is 22.0 Å². The third kappa shape index (κ3) is 5.94. The fraction of sp³-hybridized carbons (Fsp3) is 0.552. The predicted molar refractivity (Wildman–Crippen MR) is 142 cm³/mol. The molecule has 3 aliphatic rings. The van der Waals surface area contributed by atoms with Crippen molar-refractivity contribution in [2.24, 2.45) is 5.92 Å². The minimum Gasteiger partial charge on any atom is -0.478 e. The molecule has 0 spiro atoms. The second kappa shape index (κ2) is 11.7. The topological polar surface area (TPSA) is 129 Å². The molecule has 2 fully saturated rings. The van der Waals surface area contributed by atoms with Gasteiger partial charge in [0.05, 0.1) is 12.0 Å². The van der Waals surface area contributed by atoms with Crippen LogP contribution < -0.4 is 0 Å². The number of aliphatic carboxylic acids is 2. The summed E-state index contributed by atoms with van der Waals surface area (Å²) in [6.07, 6.45) is 8.08. The van der Waals surface area contributed by atoms with E-state index >= 15 is 0 Å². The average Bonchev–Trinajstić information content (AvgIpc) is 3.25. The van der Waals surface area contributed by atoms with Crippen molar-refractivity contribution < 1.29 is 34.4 Å². The number of piperidine rings is 1. The fourth-order valence-electron chi connectivity index (χ4n) is 6.28. The second-order valence-electron chi connectivity index (χ2n) is 11.0. The molecule has 206 valence electrons. The zero-order valence-electron chi connectivity index (χ0n) is 22.2. The highest BCUT2D eigenvalue weighted by Gasteiger charge is 2.43. The van der Waals surface area contributed by atoms with Crippen molar-refractivity contribution in [1.29, 1.82) is 0 Å². The molecule has 5 atom stereocenters. The highest BCUT2D eigenvalue weighted by molar-refractivity contribution is 5.90. The monoisotopic (exact) mass is 526 g/mol. The van der Waals surface area contributed by atoms with Gasteiger partial charge in [0.15, 0.2) is 0 Å². The molecule has 5 rings (SSSR count). The van der Waals surface area contributed by atoms with Gasteiger partial charge in [0.2, 0.25) is 0 Å². The van der Waals surface area contributed by atoms with Gasteiger partial charge in [-0.2, -0.15) is 0 Å². The lowest BCUT2D eigenvalue weighted by Gasteiger charge is -2.45. The SMILES string of the molecule is CC(C)n1cc2c3c(cccc31)C1C[C@@H](C(=O)OC3CCCCC3O)CN(C)C1C2.O=C(O)/C=C\C(=O)O. The maximum atomic E-state index is 13.0. The third-order valence-electron chi connectivity index (χ3n) is 8.07. The molecule has 0 bridgehead atoms. The molecule has 1 aromatic carbocycles. The second-order valence-corrected chi connectivity index (χ2v) is 11.0. The molecule has 1 aliphatic heterocycles. The summed E-state index contributed by atoms with van der Waals surface area (Å²) in [6.45, 7) is 5.20. The highest BCUT2D eigenvalue weighted by Crippen LogP contribution is 2.45. The Hall–Kier alpha value is -3.17. The van der Waals surface area contributed by atoms with E-state index in [0.29, 0.717) is 30.2 Å². The molecular weight excluding hydrogens is 488 g/mol. The Balaban J connectivity index is 0.000000368. The number of hydrogen-bond acceptors (Lipinski definition) is 6. The Labute approximate surface area is 222 Å². The molecule has 2 aromatic rings. The number of ether oxygens (including phenoxy) is 1. The van der Waals surface area contributed by atoms with Crippen LogP contribution in [0, 0.1) is 5.92 Å². The van der Waals surface area contributed by atoms with Crippen molar-refractivity contribution >= 4 is 28.8 Å². The first kappa shape index (κ1) is 27.9. The normalized spacial score (nSPS) is 27.0. The summed E-state index contributed by atoms with van der Waals surface area (Å²) < 4.78 is 8.22. The molecule has 9 nitrogen and oxygen atoms in total. The van der Waals surface area contributed by atoms with E-state index in [1.807, 2.05) is 0 Å². The number of carbonyl (C=O) groups is 3. The Bertz CT molecular complexity index is 1200. The maximum Gasteiger partial charge on any atom is 0.328 e. The number of benzene rings is 1. The number of aliphatic hydroxyl groups excluding tert-OH is 1. The number of carbonyl (C=O) groups excluding carboxylic acids is 1. The number of hydrogen-bond donors (Lipinski definition) is 3. The molecule has 4 unspecified atom stereocenters. The number of fused-ring (bicyclic) bond motifs is 2. The van der Waals surface area contributed by atoms with Crippen LogP contribution in [0.1, 0.15) is 69.0 Å². The molecule has 2 aliphatic carbocycles. The third-order valence-corrected chi connectivity index (χ3v) is 8.07. The van der Waals surface area contributed by atoms with Crippen LogP contribution in [0.5, 0.6) is 0 Å². The van der Waals surface area contributed by atoms with Gasteiger partial charge in [-0.05, 0) is 70.2 Å². The van der Waals surface area contributed by atoms with Crippen molar-refractivity contribution in [3.63, 3.8) is 0 Å². The molecule has 0 amide bonds. The number of nitrogens with zero attached hydrogens (tertiary/aromatic N) is 2. The molecular formula is C29H38N2O7. The number of aliphatic hydroxyl groups is 1. The first-order valence-electron chi connectivity index (χ1n) is 13.4. The maximum absolute atomic E-state index is 13.0. The van der Waals surface area contributed by atoms with Gasteiger partial charge in [-0.1, -0.05) is 18.6 Å². The zero-order valence-corrected chi connectivity index (χ0v) is 22.2. The minimum absolute atomic E-state index is 0.121. The van der Waals surface area contributed by atoms with Gasteiger partial charge in [0.25, 0.3) is 0 Å². The Morgan fingerprint density at radius 1 is 1.08 bits per heavy atom. The van der Waals surface area contributed by atoms with Crippen LogP contribution in [0.25, 0.3) is 10.9 Å². The molecule has 9 heteroatoms. The van der Waals surface area contributed by atoms with E-state index < -0.39 is 18.0 Å². The van der Waals surface area contributed by atoms with Crippen LogP contribution in [0.15, 0.2) is 36.5 Å². The number of likely N-dealkylation sites (N-methyl/N-ethyl adjacent to an activating group) is 1. The highest BCUT2D eigenvalue weighted by atomic mass is 16.6. The number of esters is 1. The predicted octanol–water partition coefficient (Wildman–Crippen LogP) is 3.74. The lowest BCUT2D eigenvalue weighted by atomic mass is 9.72. The van der Waals surface area contributed by atoms with E-state index in [2.05, 4.69) is 54.8 Å². The van der Waals surface area contributed by atoms with Crippen molar-refractivity contribution in [2.45, 2.75) is 82.6 Å². The van der Waals surface area contributed by atoms with Crippen LogP contribution in [0.4, 0.5) is 0 Å². The lowest BCUT2D eigenvalue weighted by molar-refractivity contribution is -0.165. The number of rotatable bonds is 5. The van der Waals surface area contributed by atoms with Crippen LogP contribution >= 0.6 is 0 Å². The van der Waals surface area contributed by atoms with Crippen LogP contribution in [-0.4, -0.2) is 74.5 Å². The number of aromatic nitrogens is 1. The minimum atomic E-state index is -1.26. The average molecular weight is 527 g/mol. The first-order chi connectivity index (χ1) is 18.1. The van der Waals surface area contributed by atoms with Crippen molar-refractivity contribution in [3.05, 3.63) is 47.7 Å². The quantitative estimate of drug-likeness (QED) is 0.397. The van der Waals surface area contributed by atoms with Gasteiger partial charge in [-0.25, -0.2) is 9.59 Å². The molecule has 2 heterocycles. The molecule has 38 heavy (non-hydrogen) atoms. The summed E-state index contributed by atoms with van der Waals surface area (Å²) >= 11 is 0. The number of carboxylic acid groups (broad SMARTS) is 2. The van der Waals surface area contributed by atoms with Crippen LogP contribution in [0.2, 0.25) is 0 Å². The van der Waals surface area contributed by atoms with Crippen molar-refractivity contribution in [2.75, 3.05) is 13.6 Å². The summed E-state index contributed by atoms with van der Waals surface area (Å²) in [5.74, 6) is -2.42. The number of carboxylic acids is 2. The fourth-order valence-corrected chi connectivity index (χ4v) is 6.28. The summed E-state index contributed by atoms with van der Waals surface area (Å²) in [7, 11) is 2.15. The van der Waals surface area contributed by atoms with Gasteiger partial charge in [0.1, 0.15) is 6.10 Å². The Kier molecular flexibility index (Phi) is 8.57. The Morgan fingerprint density at radius 3 is 2.39 bits per heavy atom. The standard InChI is InChI=1S/C25H34N2O3.C4H4O4/c1-15(2)27-14-16-12-21-19(18-7-6-8-20(27)24(16)18)11-17(13-26(21)3)25(29)30-23-10-5-4-9-22(23)28;5-3(6)1-2-4(7)8/h6-8,14-15,17,19,21-23,28H,4-5,9-13H2,1-3H3;1-2H,(H,5,6)(H,7,8)/b;2-1-/t17-,19?,21?,22?,23?;/m1./s1. The molecule has 1 saturated heterocycles. The Morgan fingerprint density at radius 2 is 1.76 bits per heavy atom. The van der Waals surface area contributed by atoms with E-state index in [0.717, 1.165) is 45.1 Å². The zero-order chi connectivity index (χ0) is 27.6. The summed E-state index contributed by atoms with van der Waals surface area (Å²) in [4.78, 5) is 34.5. The van der Waals surface area contributed by atoms with Crippen molar-refractivity contribution in [3.8, 4) is 0 Å². The smallest absolute Gasteiger partial charge is 0.328 e. The summed E-state index contributed by atoms with van der Waals surface area (Å²) in [5, 5.41) is 27.2. The van der Waals surface area contributed by atoms with Crippen molar-refractivity contribution in [1.82, 2.24) is 9.47 Å². The van der Waals surface area contributed by atoms with Gasteiger partial charge >= 0.3 is 17.9 Å². The van der Waals surface area contributed by atoms with Gasteiger partial charge < -0.3 is 29.5 Å². The van der Waals surface area contributed by atoms with E-state index in [4.69, 9.17) is 14.9 Å². The summed E-state index contributed by atoms with van der Waals surface area (Å²) in [5.41, 5.74) is 4.14. The van der Waals surface area contributed by atoms with Gasteiger partial charge in [0, 0.05) is 53.8 Å². The molecule has 0 radical (unpaired) electrons.